The minimum Gasteiger partial charge on any atom is -0.360 e. The number of aryl methyl sites for hydroxylation is 1. The molecule has 1 fully saturated rings. The van der Waals surface area contributed by atoms with Crippen LogP contribution in [-0.4, -0.2) is 34.1 Å². The van der Waals surface area contributed by atoms with Crippen LogP contribution in [0.15, 0.2) is 23.0 Å². The van der Waals surface area contributed by atoms with Gasteiger partial charge in [0.15, 0.2) is 5.82 Å². The van der Waals surface area contributed by atoms with E-state index in [9.17, 15) is 4.79 Å². The first-order chi connectivity index (χ1) is 10.7. The van der Waals surface area contributed by atoms with Crippen LogP contribution in [0.2, 0.25) is 0 Å². The normalized spacial score (nSPS) is 15.4. The highest BCUT2D eigenvalue weighted by atomic mass is 16.5. The average Bonchev–Trinajstić information content (AvgIpc) is 2.78. The zero-order valence-corrected chi connectivity index (χ0v) is 12.6. The lowest BCUT2D eigenvalue weighted by molar-refractivity contribution is 0.102. The summed E-state index contributed by atoms with van der Waals surface area (Å²) >= 11 is 0. The van der Waals surface area contributed by atoms with Crippen molar-refractivity contribution in [3.63, 3.8) is 0 Å². The van der Waals surface area contributed by atoms with Crippen LogP contribution < -0.4 is 10.2 Å². The number of carbonyl (C=O) groups excluding carboxylic acids is 1. The van der Waals surface area contributed by atoms with E-state index in [2.05, 4.69) is 25.3 Å². The molecule has 0 spiro atoms. The molecule has 7 nitrogen and oxygen atoms in total. The molecule has 3 heterocycles. The van der Waals surface area contributed by atoms with Crippen LogP contribution in [0.1, 0.15) is 41.8 Å². The van der Waals surface area contributed by atoms with E-state index in [0.29, 0.717) is 23.1 Å². The van der Waals surface area contributed by atoms with E-state index in [0.717, 1.165) is 25.9 Å². The van der Waals surface area contributed by atoms with Crippen LogP contribution in [-0.2, 0) is 0 Å². The summed E-state index contributed by atoms with van der Waals surface area (Å²) in [5.74, 6) is 1.42. The molecular formula is C15H19N5O2. The van der Waals surface area contributed by atoms with Crippen molar-refractivity contribution in [2.75, 3.05) is 23.3 Å². The fourth-order valence-electron chi connectivity index (χ4n) is 2.49. The molecule has 3 rings (SSSR count). The molecule has 1 aliphatic rings. The third-order valence-electron chi connectivity index (χ3n) is 3.66. The smallest absolute Gasteiger partial charge is 0.260 e. The Morgan fingerprint density at radius 1 is 1.18 bits per heavy atom. The second-order valence-electron chi connectivity index (χ2n) is 5.45. The van der Waals surface area contributed by atoms with Gasteiger partial charge in [0, 0.05) is 31.5 Å². The highest BCUT2D eigenvalue weighted by Crippen LogP contribution is 2.15. The van der Waals surface area contributed by atoms with Crippen LogP contribution in [0.3, 0.4) is 0 Å². The van der Waals surface area contributed by atoms with Gasteiger partial charge in [-0.3, -0.25) is 4.79 Å². The Kier molecular flexibility index (Phi) is 4.32. The molecule has 1 N–H and O–H groups in total. The molecule has 1 saturated heterocycles. The summed E-state index contributed by atoms with van der Waals surface area (Å²) in [6.07, 6.45) is 7.95. The average molecular weight is 301 g/mol. The van der Waals surface area contributed by atoms with Crippen molar-refractivity contribution in [3.05, 3.63) is 29.8 Å². The Balaban J connectivity index is 1.66. The van der Waals surface area contributed by atoms with Crippen LogP contribution >= 0.6 is 0 Å². The van der Waals surface area contributed by atoms with Gasteiger partial charge >= 0.3 is 0 Å². The van der Waals surface area contributed by atoms with Gasteiger partial charge < -0.3 is 14.7 Å². The zero-order valence-electron chi connectivity index (χ0n) is 12.6. The van der Waals surface area contributed by atoms with E-state index in [1.54, 1.807) is 25.4 Å². The number of carbonyl (C=O) groups is 1. The van der Waals surface area contributed by atoms with Crippen LogP contribution in [0.4, 0.5) is 11.8 Å². The maximum absolute atomic E-state index is 12.1. The first-order valence-electron chi connectivity index (χ1n) is 7.54. The summed E-state index contributed by atoms with van der Waals surface area (Å²) in [5, 5.41) is 6.38. The van der Waals surface area contributed by atoms with E-state index in [-0.39, 0.29) is 5.91 Å². The Hall–Kier alpha value is -2.44. The van der Waals surface area contributed by atoms with E-state index in [4.69, 9.17) is 4.52 Å². The van der Waals surface area contributed by atoms with Crippen molar-refractivity contribution in [1.82, 2.24) is 15.1 Å². The van der Waals surface area contributed by atoms with Gasteiger partial charge in [0.2, 0.25) is 5.95 Å². The maximum atomic E-state index is 12.1. The highest BCUT2D eigenvalue weighted by Gasteiger charge is 2.14. The molecule has 1 aliphatic heterocycles. The number of amides is 1. The minimum absolute atomic E-state index is 0.296. The number of rotatable bonds is 3. The van der Waals surface area contributed by atoms with Crippen molar-refractivity contribution >= 4 is 17.7 Å². The lowest BCUT2D eigenvalue weighted by Gasteiger charge is -2.19. The second-order valence-corrected chi connectivity index (χ2v) is 5.45. The lowest BCUT2D eigenvalue weighted by Crippen LogP contribution is -2.26. The minimum atomic E-state index is -0.296. The number of nitrogens with one attached hydrogen (secondary N) is 1. The first-order valence-corrected chi connectivity index (χ1v) is 7.54. The number of nitrogens with zero attached hydrogens (tertiary/aromatic N) is 4. The molecule has 22 heavy (non-hydrogen) atoms. The van der Waals surface area contributed by atoms with Gasteiger partial charge in [-0.2, -0.15) is 0 Å². The summed E-state index contributed by atoms with van der Waals surface area (Å²) in [4.78, 5) is 22.9. The molecule has 0 aliphatic carbocycles. The predicted molar refractivity (Wildman–Crippen MR) is 81.9 cm³/mol. The van der Waals surface area contributed by atoms with E-state index in [1.807, 2.05) is 0 Å². The van der Waals surface area contributed by atoms with Gasteiger partial charge in [-0.1, -0.05) is 18.0 Å². The van der Waals surface area contributed by atoms with Gasteiger partial charge in [-0.25, -0.2) is 9.97 Å². The van der Waals surface area contributed by atoms with Gasteiger partial charge in [-0.05, 0) is 19.8 Å². The lowest BCUT2D eigenvalue weighted by atomic mass is 10.2. The van der Waals surface area contributed by atoms with Gasteiger partial charge in [-0.15, -0.1) is 0 Å². The van der Waals surface area contributed by atoms with Gasteiger partial charge in [0.25, 0.3) is 5.91 Å². The molecule has 116 valence electrons. The number of aromatic nitrogens is 3. The zero-order chi connectivity index (χ0) is 15.4. The van der Waals surface area contributed by atoms with E-state index < -0.39 is 0 Å². The highest BCUT2D eigenvalue weighted by molar-refractivity contribution is 6.03. The summed E-state index contributed by atoms with van der Waals surface area (Å²) in [6, 6.07) is 1.66. The fraction of sp³-hybridized carbons (Fsp3) is 0.467. The Morgan fingerprint density at radius 3 is 2.45 bits per heavy atom. The predicted octanol–water partition coefficient (Wildman–Crippen LogP) is 2.41. The molecule has 0 aromatic carbocycles. The van der Waals surface area contributed by atoms with Crippen molar-refractivity contribution < 1.29 is 9.32 Å². The number of hydrogen-bond acceptors (Lipinski definition) is 6. The number of hydrogen-bond donors (Lipinski definition) is 1. The van der Waals surface area contributed by atoms with E-state index >= 15 is 0 Å². The van der Waals surface area contributed by atoms with Crippen LogP contribution in [0, 0.1) is 6.92 Å². The molecule has 0 atom stereocenters. The molecule has 2 aromatic rings. The number of anilines is 2. The van der Waals surface area contributed by atoms with Crippen molar-refractivity contribution in [3.8, 4) is 0 Å². The SMILES string of the molecule is Cc1cc(NC(=O)c2cnc(N3CCCCCC3)nc2)no1. The second kappa shape index (κ2) is 6.55. The molecule has 0 bridgehead atoms. The molecule has 0 radical (unpaired) electrons. The molecule has 0 unspecified atom stereocenters. The van der Waals surface area contributed by atoms with E-state index in [1.165, 1.54) is 12.8 Å². The molecule has 0 saturated carbocycles. The summed E-state index contributed by atoms with van der Waals surface area (Å²) in [6.45, 7) is 3.72. The van der Waals surface area contributed by atoms with Crippen molar-refractivity contribution in [2.45, 2.75) is 32.6 Å². The standard InChI is InChI=1S/C15H19N5O2/c1-11-8-13(19-22-11)18-14(21)12-9-16-15(17-10-12)20-6-4-2-3-5-7-20/h8-10H,2-7H2,1H3,(H,18,19,21). The molecule has 2 aromatic heterocycles. The molecular weight excluding hydrogens is 282 g/mol. The largest absolute Gasteiger partial charge is 0.360 e. The third-order valence-corrected chi connectivity index (χ3v) is 3.66. The molecule has 1 amide bonds. The fourth-order valence-corrected chi connectivity index (χ4v) is 2.49. The third kappa shape index (κ3) is 3.41. The summed E-state index contributed by atoms with van der Waals surface area (Å²) < 4.78 is 4.91. The first kappa shape index (κ1) is 14.5. The summed E-state index contributed by atoms with van der Waals surface area (Å²) in [7, 11) is 0. The maximum Gasteiger partial charge on any atom is 0.260 e. The molecule has 7 heteroatoms. The van der Waals surface area contributed by atoms with Gasteiger partial charge in [0.1, 0.15) is 5.76 Å². The van der Waals surface area contributed by atoms with Crippen LogP contribution in [0.25, 0.3) is 0 Å². The summed E-state index contributed by atoms with van der Waals surface area (Å²) in [5.41, 5.74) is 0.402. The van der Waals surface area contributed by atoms with Crippen molar-refractivity contribution in [1.29, 1.82) is 0 Å². The Morgan fingerprint density at radius 2 is 1.86 bits per heavy atom. The quantitative estimate of drug-likeness (QED) is 0.937. The Bertz CT molecular complexity index is 630. The topological polar surface area (TPSA) is 84.2 Å². The Labute approximate surface area is 128 Å². The van der Waals surface area contributed by atoms with Crippen LogP contribution in [0.5, 0.6) is 0 Å². The van der Waals surface area contributed by atoms with Crippen molar-refractivity contribution in [2.24, 2.45) is 0 Å². The van der Waals surface area contributed by atoms with Gasteiger partial charge in [0.05, 0.1) is 5.56 Å². The monoisotopic (exact) mass is 301 g/mol.